The maximum atomic E-state index is 5.30. The molecule has 0 bridgehead atoms. The van der Waals surface area contributed by atoms with Crippen LogP contribution in [0.15, 0.2) is 0 Å². The minimum atomic E-state index is 0.724. The van der Waals surface area contributed by atoms with E-state index in [1.165, 1.54) is 17.8 Å². The standard InChI is InChI=1S/C9H13N3OS/c1-2-7(1)8-10-11-9(14-8)12-3-5-13-6-4-12/h7H,1-6H2. The SMILES string of the molecule is C1CN(c2nnc(C3CC3)s2)CCO1. The molecule has 1 saturated heterocycles. The average molecular weight is 211 g/mol. The lowest BCUT2D eigenvalue weighted by atomic mass is 10.5. The molecule has 1 aliphatic carbocycles. The number of aromatic nitrogens is 2. The maximum absolute atomic E-state index is 5.30. The van der Waals surface area contributed by atoms with Crippen LogP contribution in [0.3, 0.4) is 0 Å². The second-order valence-corrected chi connectivity index (χ2v) is 4.78. The highest BCUT2D eigenvalue weighted by atomic mass is 32.1. The Morgan fingerprint density at radius 3 is 2.71 bits per heavy atom. The summed E-state index contributed by atoms with van der Waals surface area (Å²) in [6, 6.07) is 0. The minimum Gasteiger partial charge on any atom is -0.378 e. The quantitative estimate of drug-likeness (QED) is 0.738. The van der Waals surface area contributed by atoms with Gasteiger partial charge in [-0.2, -0.15) is 0 Å². The highest BCUT2D eigenvalue weighted by Crippen LogP contribution is 2.42. The molecule has 1 aliphatic heterocycles. The summed E-state index contributed by atoms with van der Waals surface area (Å²) in [7, 11) is 0. The summed E-state index contributed by atoms with van der Waals surface area (Å²) in [4.78, 5) is 2.27. The van der Waals surface area contributed by atoms with Gasteiger partial charge in [0.2, 0.25) is 5.13 Å². The molecule has 0 radical (unpaired) electrons. The van der Waals surface area contributed by atoms with Gasteiger partial charge in [0.1, 0.15) is 5.01 Å². The fourth-order valence-electron chi connectivity index (χ4n) is 1.60. The molecule has 0 unspecified atom stereocenters. The van der Waals surface area contributed by atoms with Gasteiger partial charge < -0.3 is 9.64 Å². The van der Waals surface area contributed by atoms with Crippen LogP contribution in [0.4, 0.5) is 5.13 Å². The number of hydrogen-bond acceptors (Lipinski definition) is 5. The lowest BCUT2D eigenvalue weighted by Gasteiger charge is -2.25. The number of rotatable bonds is 2. The van der Waals surface area contributed by atoms with Crippen molar-refractivity contribution in [3.05, 3.63) is 5.01 Å². The summed E-state index contributed by atoms with van der Waals surface area (Å²) in [5, 5.41) is 10.8. The molecule has 1 saturated carbocycles. The van der Waals surface area contributed by atoms with Crippen LogP contribution in [0.5, 0.6) is 0 Å². The number of hydrogen-bond donors (Lipinski definition) is 0. The highest BCUT2D eigenvalue weighted by molar-refractivity contribution is 7.15. The monoisotopic (exact) mass is 211 g/mol. The van der Waals surface area contributed by atoms with E-state index in [0.29, 0.717) is 0 Å². The molecular formula is C9H13N3OS. The molecule has 0 aromatic carbocycles. The largest absolute Gasteiger partial charge is 0.378 e. The highest BCUT2D eigenvalue weighted by Gasteiger charge is 2.28. The first-order chi connectivity index (χ1) is 6.93. The van der Waals surface area contributed by atoms with E-state index in [2.05, 4.69) is 15.1 Å². The van der Waals surface area contributed by atoms with Gasteiger partial charge in [0.25, 0.3) is 0 Å². The predicted octanol–water partition coefficient (Wildman–Crippen LogP) is 1.25. The van der Waals surface area contributed by atoms with Crippen LogP contribution in [0.2, 0.25) is 0 Å². The van der Waals surface area contributed by atoms with Crippen molar-refractivity contribution in [2.45, 2.75) is 18.8 Å². The van der Waals surface area contributed by atoms with Crippen LogP contribution in [-0.4, -0.2) is 36.5 Å². The van der Waals surface area contributed by atoms with E-state index in [-0.39, 0.29) is 0 Å². The molecule has 1 aromatic rings. The fourth-order valence-corrected chi connectivity index (χ4v) is 2.67. The van der Waals surface area contributed by atoms with Crippen molar-refractivity contribution >= 4 is 16.5 Å². The second kappa shape index (κ2) is 3.47. The summed E-state index contributed by atoms with van der Waals surface area (Å²) in [6.07, 6.45) is 2.61. The van der Waals surface area contributed by atoms with E-state index in [1.54, 1.807) is 11.3 Å². The molecule has 4 nitrogen and oxygen atoms in total. The van der Waals surface area contributed by atoms with Crippen molar-refractivity contribution in [2.75, 3.05) is 31.2 Å². The fraction of sp³-hybridized carbons (Fsp3) is 0.778. The van der Waals surface area contributed by atoms with E-state index in [1.807, 2.05) is 0 Å². The van der Waals surface area contributed by atoms with E-state index in [4.69, 9.17) is 4.74 Å². The molecule has 5 heteroatoms. The smallest absolute Gasteiger partial charge is 0.208 e. The lowest BCUT2D eigenvalue weighted by molar-refractivity contribution is 0.122. The molecular weight excluding hydrogens is 198 g/mol. The Morgan fingerprint density at radius 1 is 1.21 bits per heavy atom. The van der Waals surface area contributed by atoms with Gasteiger partial charge in [0.05, 0.1) is 13.2 Å². The summed E-state index contributed by atoms with van der Waals surface area (Å²) in [6.45, 7) is 3.55. The Labute approximate surface area is 86.9 Å². The predicted molar refractivity (Wildman–Crippen MR) is 54.9 cm³/mol. The third kappa shape index (κ3) is 1.62. The van der Waals surface area contributed by atoms with Crippen molar-refractivity contribution in [3.8, 4) is 0 Å². The zero-order chi connectivity index (χ0) is 9.38. The molecule has 76 valence electrons. The molecule has 2 aliphatic rings. The van der Waals surface area contributed by atoms with Crippen LogP contribution in [0.25, 0.3) is 0 Å². The Hall–Kier alpha value is -0.680. The topological polar surface area (TPSA) is 38.2 Å². The van der Waals surface area contributed by atoms with Crippen molar-refractivity contribution in [1.29, 1.82) is 0 Å². The third-order valence-corrected chi connectivity index (χ3v) is 3.78. The first-order valence-corrected chi connectivity index (χ1v) is 5.91. The number of morpholine rings is 1. The van der Waals surface area contributed by atoms with E-state index < -0.39 is 0 Å². The molecule has 0 spiro atoms. The molecule has 2 heterocycles. The van der Waals surface area contributed by atoms with Crippen LogP contribution in [-0.2, 0) is 4.74 Å². The number of ether oxygens (including phenoxy) is 1. The van der Waals surface area contributed by atoms with Crippen molar-refractivity contribution < 1.29 is 4.74 Å². The Bertz CT molecular complexity index is 318. The zero-order valence-electron chi connectivity index (χ0n) is 7.98. The van der Waals surface area contributed by atoms with E-state index in [9.17, 15) is 0 Å². The van der Waals surface area contributed by atoms with Gasteiger partial charge in [-0.15, -0.1) is 10.2 Å². The summed E-state index contributed by atoms with van der Waals surface area (Å²) in [5.74, 6) is 0.724. The van der Waals surface area contributed by atoms with E-state index in [0.717, 1.165) is 37.4 Å². The van der Waals surface area contributed by atoms with Gasteiger partial charge in [-0.05, 0) is 12.8 Å². The zero-order valence-corrected chi connectivity index (χ0v) is 8.79. The Balaban J connectivity index is 1.74. The summed E-state index contributed by atoms with van der Waals surface area (Å²) in [5.41, 5.74) is 0. The van der Waals surface area contributed by atoms with Gasteiger partial charge in [-0.25, -0.2) is 0 Å². The first kappa shape index (κ1) is 8.61. The van der Waals surface area contributed by atoms with Gasteiger partial charge in [-0.1, -0.05) is 11.3 Å². The maximum Gasteiger partial charge on any atom is 0.208 e. The molecule has 2 fully saturated rings. The van der Waals surface area contributed by atoms with Crippen molar-refractivity contribution in [3.63, 3.8) is 0 Å². The molecule has 1 aromatic heterocycles. The lowest BCUT2D eigenvalue weighted by Crippen LogP contribution is -2.36. The van der Waals surface area contributed by atoms with E-state index >= 15 is 0 Å². The van der Waals surface area contributed by atoms with Gasteiger partial charge in [0.15, 0.2) is 0 Å². The Kier molecular flexibility index (Phi) is 2.14. The second-order valence-electron chi connectivity index (χ2n) is 3.80. The normalized spacial score (nSPS) is 22.7. The summed E-state index contributed by atoms with van der Waals surface area (Å²) < 4.78 is 5.30. The average Bonchev–Trinajstić information content (AvgIpc) is 2.98. The molecule has 0 atom stereocenters. The number of anilines is 1. The minimum absolute atomic E-state index is 0.724. The van der Waals surface area contributed by atoms with Crippen LogP contribution in [0, 0.1) is 0 Å². The molecule has 3 rings (SSSR count). The van der Waals surface area contributed by atoms with Gasteiger partial charge in [-0.3, -0.25) is 0 Å². The third-order valence-electron chi connectivity index (χ3n) is 2.64. The van der Waals surface area contributed by atoms with Crippen LogP contribution < -0.4 is 4.90 Å². The molecule has 14 heavy (non-hydrogen) atoms. The summed E-state index contributed by atoms with van der Waals surface area (Å²) >= 11 is 1.76. The number of nitrogens with zero attached hydrogens (tertiary/aromatic N) is 3. The Morgan fingerprint density at radius 2 is 2.00 bits per heavy atom. The van der Waals surface area contributed by atoms with Crippen LogP contribution >= 0.6 is 11.3 Å². The van der Waals surface area contributed by atoms with Gasteiger partial charge >= 0.3 is 0 Å². The first-order valence-electron chi connectivity index (χ1n) is 5.09. The van der Waals surface area contributed by atoms with Crippen molar-refractivity contribution in [1.82, 2.24) is 10.2 Å². The van der Waals surface area contributed by atoms with Crippen molar-refractivity contribution in [2.24, 2.45) is 0 Å². The molecule has 0 amide bonds. The van der Waals surface area contributed by atoms with Gasteiger partial charge in [0, 0.05) is 19.0 Å². The van der Waals surface area contributed by atoms with Crippen LogP contribution in [0.1, 0.15) is 23.8 Å². The molecule has 0 N–H and O–H groups in total.